The van der Waals surface area contributed by atoms with Crippen LogP contribution in [-0.4, -0.2) is 16.4 Å². The number of oxazole rings is 1. The zero-order valence-corrected chi connectivity index (χ0v) is 14.1. The standard InChI is InChI=1S/C18H25N3O2/c1-17(2,3)16-21-13-11-12(7-8-14(13)23-16)20-15(22)18(19)9-5-4-6-10-18/h7-8,11H,4-6,9-10,19H2,1-3H3,(H,20,22). The molecule has 1 heterocycles. The minimum Gasteiger partial charge on any atom is -0.440 e. The van der Waals surface area contributed by atoms with Crippen LogP contribution >= 0.6 is 0 Å². The van der Waals surface area contributed by atoms with Crippen LogP contribution in [0.4, 0.5) is 5.69 Å². The average Bonchev–Trinajstić information content (AvgIpc) is 2.91. The third-order valence-electron chi connectivity index (χ3n) is 4.49. The van der Waals surface area contributed by atoms with Crippen LogP contribution < -0.4 is 11.1 Å². The van der Waals surface area contributed by atoms with Gasteiger partial charge in [0.1, 0.15) is 5.52 Å². The first-order chi connectivity index (χ1) is 10.8. The fourth-order valence-electron chi connectivity index (χ4n) is 2.99. The van der Waals surface area contributed by atoms with Crippen LogP contribution in [0.2, 0.25) is 0 Å². The Bertz CT molecular complexity index is 721. The average molecular weight is 315 g/mol. The molecule has 0 unspecified atom stereocenters. The first-order valence-corrected chi connectivity index (χ1v) is 8.29. The van der Waals surface area contributed by atoms with Gasteiger partial charge in [0.25, 0.3) is 0 Å². The van der Waals surface area contributed by atoms with Gasteiger partial charge in [0.05, 0.1) is 5.54 Å². The number of carbonyl (C=O) groups excluding carboxylic acids is 1. The van der Waals surface area contributed by atoms with Crippen molar-refractivity contribution in [1.82, 2.24) is 4.98 Å². The maximum atomic E-state index is 12.5. The van der Waals surface area contributed by atoms with E-state index in [9.17, 15) is 4.79 Å². The lowest BCUT2D eigenvalue weighted by Crippen LogP contribution is -2.52. The molecule has 3 rings (SSSR count). The SMILES string of the molecule is CC(C)(C)c1nc2cc(NC(=O)C3(N)CCCCC3)ccc2o1. The van der Waals surface area contributed by atoms with Crippen molar-refractivity contribution >= 4 is 22.7 Å². The van der Waals surface area contributed by atoms with Gasteiger partial charge in [-0.05, 0) is 31.0 Å². The number of anilines is 1. The first-order valence-electron chi connectivity index (χ1n) is 8.29. The summed E-state index contributed by atoms with van der Waals surface area (Å²) in [7, 11) is 0. The molecule has 1 saturated carbocycles. The van der Waals surface area contributed by atoms with Crippen molar-refractivity contribution in [2.45, 2.75) is 63.8 Å². The second-order valence-corrected chi connectivity index (χ2v) is 7.62. The summed E-state index contributed by atoms with van der Waals surface area (Å²) in [5.74, 6) is 0.592. The monoisotopic (exact) mass is 315 g/mol. The number of nitrogens with one attached hydrogen (secondary N) is 1. The molecule has 1 amide bonds. The van der Waals surface area contributed by atoms with E-state index in [4.69, 9.17) is 10.2 Å². The Balaban J connectivity index is 1.82. The summed E-state index contributed by atoms with van der Waals surface area (Å²) in [5.41, 5.74) is 7.59. The summed E-state index contributed by atoms with van der Waals surface area (Å²) in [6.07, 6.45) is 4.69. The Morgan fingerprint density at radius 2 is 1.96 bits per heavy atom. The van der Waals surface area contributed by atoms with Gasteiger partial charge in [-0.2, -0.15) is 0 Å². The molecule has 0 bridgehead atoms. The van der Waals surface area contributed by atoms with E-state index in [1.807, 2.05) is 18.2 Å². The highest BCUT2D eigenvalue weighted by atomic mass is 16.3. The topological polar surface area (TPSA) is 81.2 Å². The lowest BCUT2D eigenvalue weighted by Gasteiger charge is -2.31. The van der Waals surface area contributed by atoms with E-state index >= 15 is 0 Å². The van der Waals surface area contributed by atoms with Gasteiger partial charge < -0.3 is 15.5 Å². The van der Waals surface area contributed by atoms with Crippen molar-refractivity contribution in [3.8, 4) is 0 Å². The number of nitrogens with two attached hydrogens (primary N) is 1. The summed E-state index contributed by atoms with van der Waals surface area (Å²) < 4.78 is 5.78. The number of hydrogen-bond donors (Lipinski definition) is 2. The first kappa shape index (κ1) is 16.0. The Morgan fingerprint density at radius 3 is 2.61 bits per heavy atom. The van der Waals surface area contributed by atoms with E-state index in [-0.39, 0.29) is 11.3 Å². The Kier molecular flexibility index (Phi) is 3.92. The summed E-state index contributed by atoms with van der Waals surface area (Å²) in [5, 5.41) is 2.95. The van der Waals surface area contributed by atoms with Crippen LogP contribution in [0.3, 0.4) is 0 Å². The molecule has 23 heavy (non-hydrogen) atoms. The van der Waals surface area contributed by atoms with Crippen molar-refractivity contribution in [1.29, 1.82) is 0 Å². The summed E-state index contributed by atoms with van der Waals surface area (Å²) in [6.45, 7) is 6.17. The zero-order chi connectivity index (χ0) is 16.7. The minimum absolute atomic E-state index is 0.101. The number of fused-ring (bicyclic) bond motifs is 1. The van der Waals surface area contributed by atoms with Gasteiger partial charge in [-0.25, -0.2) is 4.98 Å². The number of aromatic nitrogens is 1. The molecule has 1 aromatic carbocycles. The smallest absolute Gasteiger partial charge is 0.244 e. The number of benzene rings is 1. The molecule has 1 aromatic heterocycles. The van der Waals surface area contributed by atoms with E-state index in [1.54, 1.807) is 0 Å². The molecule has 0 atom stereocenters. The molecule has 5 nitrogen and oxygen atoms in total. The molecule has 1 aliphatic carbocycles. The predicted molar refractivity (Wildman–Crippen MR) is 91.3 cm³/mol. The van der Waals surface area contributed by atoms with Crippen molar-refractivity contribution in [3.63, 3.8) is 0 Å². The predicted octanol–water partition coefficient (Wildman–Crippen LogP) is 3.73. The molecule has 0 saturated heterocycles. The van der Waals surface area contributed by atoms with Gasteiger partial charge in [-0.3, -0.25) is 4.79 Å². The van der Waals surface area contributed by atoms with E-state index in [0.717, 1.165) is 43.2 Å². The van der Waals surface area contributed by atoms with Crippen LogP contribution in [0.25, 0.3) is 11.1 Å². The minimum atomic E-state index is -0.742. The highest BCUT2D eigenvalue weighted by molar-refractivity contribution is 5.99. The van der Waals surface area contributed by atoms with Crippen LogP contribution in [-0.2, 0) is 10.2 Å². The Hall–Kier alpha value is -1.88. The largest absolute Gasteiger partial charge is 0.440 e. The molecule has 2 aromatic rings. The Morgan fingerprint density at radius 1 is 1.26 bits per heavy atom. The normalized spacial score (nSPS) is 18.1. The van der Waals surface area contributed by atoms with Crippen LogP contribution in [0.5, 0.6) is 0 Å². The van der Waals surface area contributed by atoms with Crippen molar-refractivity contribution in [2.75, 3.05) is 5.32 Å². The molecular formula is C18H25N3O2. The maximum Gasteiger partial charge on any atom is 0.244 e. The third-order valence-corrected chi connectivity index (χ3v) is 4.49. The Labute approximate surface area is 136 Å². The second-order valence-electron chi connectivity index (χ2n) is 7.62. The third kappa shape index (κ3) is 3.24. The van der Waals surface area contributed by atoms with E-state index < -0.39 is 5.54 Å². The van der Waals surface area contributed by atoms with Crippen molar-refractivity contribution in [2.24, 2.45) is 5.73 Å². The number of carbonyl (C=O) groups is 1. The van der Waals surface area contributed by atoms with Crippen molar-refractivity contribution in [3.05, 3.63) is 24.1 Å². The second kappa shape index (κ2) is 5.64. The van der Waals surface area contributed by atoms with E-state index in [0.29, 0.717) is 11.6 Å². The molecule has 3 N–H and O–H groups in total. The van der Waals surface area contributed by atoms with E-state index in [2.05, 4.69) is 31.1 Å². The summed E-state index contributed by atoms with van der Waals surface area (Å²) >= 11 is 0. The quantitative estimate of drug-likeness (QED) is 0.885. The van der Waals surface area contributed by atoms with Crippen LogP contribution in [0.15, 0.2) is 22.6 Å². The van der Waals surface area contributed by atoms with Gasteiger partial charge in [-0.15, -0.1) is 0 Å². The summed E-state index contributed by atoms with van der Waals surface area (Å²) in [4.78, 5) is 17.0. The van der Waals surface area contributed by atoms with Crippen LogP contribution in [0.1, 0.15) is 58.8 Å². The molecule has 0 spiro atoms. The molecule has 124 valence electrons. The molecule has 0 radical (unpaired) electrons. The van der Waals surface area contributed by atoms with Gasteiger partial charge >= 0.3 is 0 Å². The highest BCUT2D eigenvalue weighted by Crippen LogP contribution is 2.29. The molecular weight excluding hydrogens is 290 g/mol. The molecule has 1 fully saturated rings. The van der Waals surface area contributed by atoms with Crippen LogP contribution in [0, 0.1) is 0 Å². The van der Waals surface area contributed by atoms with Gasteiger partial charge in [0, 0.05) is 11.1 Å². The lowest BCUT2D eigenvalue weighted by atomic mass is 9.82. The molecule has 0 aliphatic heterocycles. The zero-order valence-electron chi connectivity index (χ0n) is 14.1. The van der Waals surface area contributed by atoms with Crippen molar-refractivity contribution < 1.29 is 9.21 Å². The number of hydrogen-bond acceptors (Lipinski definition) is 4. The maximum absolute atomic E-state index is 12.5. The highest BCUT2D eigenvalue weighted by Gasteiger charge is 2.35. The number of rotatable bonds is 2. The number of nitrogens with zero attached hydrogens (tertiary/aromatic N) is 1. The van der Waals surface area contributed by atoms with E-state index in [1.165, 1.54) is 0 Å². The van der Waals surface area contributed by atoms with Gasteiger partial charge in [-0.1, -0.05) is 40.0 Å². The summed E-state index contributed by atoms with van der Waals surface area (Å²) in [6, 6.07) is 5.53. The molecule has 1 aliphatic rings. The fourth-order valence-corrected chi connectivity index (χ4v) is 2.99. The lowest BCUT2D eigenvalue weighted by molar-refractivity contribution is -0.122. The van der Waals surface area contributed by atoms with Gasteiger partial charge in [0.15, 0.2) is 5.58 Å². The molecule has 5 heteroatoms. The van der Waals surface area contributed by atoms with Gasteiger partial charge in [0.2, 0.25) is 11.8 Å². The number of amides is 1. The fraction of sp³-hybridized carbons (Fsp3) is 0.556.